The van der Waals surface area contributed by atoms with Gasteiger partial charge < -0.3 is 9.15 Å². The molecule has 0 aliphatic rings. The number of ether oxygens (including phenoxy) is 1. The lowest BCUT2D eigenvalue weighted by Gasteiger charge is -2.03. The summed E-state index contributed by atoms with van der Waals surface area (Å²) in [6.07, 6.45) is 0. The van der Waals surface area contributed by atoms with Crippen molar-refractivity contribution < 1.29 is 13.5 Å². The van der Waals surface area contributed by atoms with Crippen molar-refractivity contribution in [3.8, 4) is 16.5 Å². The predicted octanol–water partition coefficient (Wildman–Crippen LogP) is 4.32. The van der Waals surface area contributed by atoms with Gasteiger partial charge in [0.15, 0.2) is 16.6 Å². The molecule has 128 valence electrons. The number of fused-ring (bicyclic) bond motifs is 2. The first-order chi connectivity index (χ1) is 12.8. The van der Waals surface area contributed by atoms with Gasteiger partial charge in [0.1, 0.15) is 23.8 Å². The van der Waals surface area contributed by atoms with Gasteiger partial charge in [-0.15, -0.1) is 15.3 Å². The number of nitrogens with zero attached hydrogens (tertiary/aromatic N) is 4. The number of hydrogen-bond donors (Lipinski definition) is 0. The molecule has 0 aliphatic carbocycles. The average molecular weight is 366 g/mol. The Kier molecular flexibility index (Phi) is 3.42. The molecule has 0 bridgehead atoms. The number of hydrogen-bond acceptors (Lipinski definition) is 6. The molecule has 2 aromatic carbocycles. The minimum atomic E-state index is -0.308. The van der Waals surface area contributed by atoms with Gasteiger partial charge in [-0.1, -0.05) is 29.5 Å². The molecule has 3 heterocycles. The van der Waals surface area contributed by atoms with Gasteiger partial charge in [0.05, 0.1) is 0 Å². The van der Waals surface area contributed by atoms with Gasteiger partial charge in [-0.3, -0.25) is 0 Å². The van der Waals surface area contributed by atoms with E-state index in [9.17, 15) is 4.39 Å². The molecule has 5 aromatic rings. The van der Waals surface area contributed by atoms with E-state index in [1.165, 1.54) is 23.5 Å². The van der Waals surface area contributed by atoms with Gasteiger partial charge in [0.25, 0.3) is 0 Å². The van der Waals surface area contributed by atoms with E-state index in [1.54, 1.807) is 16.6 Å². The Labute approximate surface area is 150 Å². The third-order valence-corrected chi connectivity index (χ3v) is 4.79. The van der Waals surface area contributed by atoms with Crippen LogP contribution in [0.3, 0.4) is 0 Å². The van der Waals surface area contributed by atoms with Gasteiger partial charge in [0, 0.05) is 5.39 Å². The lowest BCUT2D eigenvalue weighted by atomic mass is 10.2. The first-order valence-electron chi connectivity index (χ1n) is 7.85. The van der Waals surface area contributed by atoms with E-state index in [0.29, 0.717) is 27.3 Å². The molecule has 0 unspecified atom stereocenters. The molecule has 5 rings (SSSR count). The van der Waals surface area contributed by atoms with E-state index < -0.39 is 0 Å². The summed E-state index contributed by atoms with van der Waals surface area (Å²) in [4.78, 5) is 0.651. The lowest BCUT2D eigenvalue weighted by molar-refractivity contribution is 0.292. The monoisotopic (exact) mass is 366 g/mol. The number of benzene rings is 2. The molecule has 0 spiro atoms. The molecule has 0 N–H and O–H groups in total. The summed E-state index contributed by atoms with van der Waals surface area (Å²) in [5.41, 5.74) is 0.813. The van der Waals surface area contributed by atoms with Gasteiger partial charge >= 0.3 is 0 Å². The zero-order valence-corrected chi connectivity index (χ0v) is 14.1. The van der Waals surface area contributed by atoms with Crippen LogP contribution in [0.2, 0.25) is 0 Å². The summed E-state index contributed by atoms with van der Waals surface area (Å²) in [7, 11) is 0. The van der Waals surface area contributed by atoms with Crippen LogP contribution in [0.5, 0.6) is 5.75 Å². The van der Waals surface area contributed by atoms with E-state index in [2.05, 4.69) is 15.3 Å². The summed E-state index contributed by atoms with van der Waals surface area (Å²) < 4.78 is 26.1. The van der Waals surface area contributed by atoms with Crippen LogP contribution in [0.25, 0.3) is 26.7 Å². The Morgan fingerprint density at radius 3 is 2.77 bits per heavy atom. The number of aromatic nitrogens is 4. The summed E-state index contributed by atoms with van der Waals surface area (Å²) in [5.74, 6) is 1.49. The molecule has 8 heteroatoms. The quantitative estimate of drug-likeness (QED) is 0.474. The van der Waals surface area contributed by atoms with E-state index in [1.807, 2.05) is 30.3 Å². The van der Waals surface area contributed by atoms with E-state index in [0.717, 1.165) is 11.0 Å². The topological polar surface area (TPSA) is 65.5 Å². The van der Waals surface area contributed by atoms with Crippen LogP contribution in [0.15, 0.2) is 59.0 Å². The van der Waals surface area contributed by atoms with Crippen molar-refractivity contribution in [1.82, 2.24) is 19.8 Å². The Morgan fingerprint density at radius 1 is 1.08 bits per heavy atom. The zero-order chi connectivity index (χ0) is 17.5. The average Bonchev–Trinajstić information content (AvgIpc) is 3.35. The number of halogens is 1. The molecule has 0 saturated heterocycles. The normalized spacial score (nSPS) is 11.4. The van der Waals surface area contributed by atoms with E-state index >= 15 is 0 Å². The van der Waals surface area contributed by atoms with Gasteiger partial charge in [-0.2, -0.15) is 4.52 Å². The molecule has 0 fully saturated rings. The Hall–Kier alpha value is -3.26. The van der Waals surface area contributed by atoms with Crippen LogP contribution in [-0.4, -0.2) is 19.8 Å². The van der Waals surface area contributed by atoms with Crippen molar-refractivity contribution in [2.24, 2.45) is 0 Å². The minimum absolute atomic E-state index is 0.177. The smallest absolute Gasteiger partial charge is 0.235 e. The molecule has 0 amide bonds. The van der Waals surface area contributed by atoms with Crippen molar-refractivity contribution in [3.63, 3.8) is 0 Å². The number of para-hydroxylation sites is 1. The largest absolute Gasteiger partial charge is 0.486 e. The highest BCUT2D eigenvalue weighted by Gasteiger charge is 2.16. The highest BCUT2D eigenvalue weighted by atomic mass is 32.1. The molecule has 0 radical (unpaired) electrons. The van der Waals surface area contributed by atoms with Crippen molar-refractivity contribution >= 4 is 27.3 Å². The summed E-state index contributed by atoms with van der Waals surface area (Å²) in [6, 6.07) is 15.6. The van der Waals surface area contributed by atoms with Crippen molar-refractivity contribution in [1.29, 1.82) is 0 Å². The molecular formula is C18H11FN4O2S. The van der Waals surface area contributed by atoms with Crippen LogP contribution in [0.1, 0.15) is 5.82 Å². The third kappa shape index (κ3) is 2.60. The van der Waals surface area contributed by atoms with Gasteiger partial charge in [0.2, 0.25) is 4.96 Å². The summed E-state index contributed by atoms with van der Waals surface area (Å²) in [5, 5.41) is 14.5. The minimum Gasteiger partial charge on any atom is -0.486 e. The zero-order valence-electron chi connectivity index (χ0n) is 13.3. The molecule has 0 saturated carbocycles. The van der Waals surface area contributed by atoms with Crippen LogP contribution in [0, 0.1) is 5.82 Å². The predicted molar refractivity (Wildman–Crippen MR) is 94.6 cm³/mol. The van der Waals surface area contributed by atoms with Gasteiger partial charge in [-0.25, -0.2) is 4.39 Å². The molecular weight excluding hydrogens is 355 g/mol. The molecule has 0 atom stereocenters. The Balaban J connectivity index is 1.44. The van der Waals surface area contributed by atoms with E-state index in [-0.39, 0.29) is 12.4 Å². The maximum Gasteiger partial charge on any atom is 0.235 e. The highest BCUT2D eigenvalue weighted by Crippen LogP contribution is 2.30. The second kappa shape index (κ2) is 5.92. The van der Waals surface area contributed by atoms with Crippen LogP contribution in [-0.2, 0) is 6.61 Å². The number of rotatable bonds is 4. The fourth-order valence-electron chi connectivity index (χ4n) is 2.61. The lowest BCUT2D eigenvalue weighted by Crippen LogP contribution is -2.02. The van der Waals surface area contributed by atoms with Crippen LogP contribution in [0.4, 0.5) is 4.39 Å². The Morgan fingerprint density at radius 2 is 1.92 bits per heavy atom. The van der Waals surface area contributed by atoms with E-state index in [4.69, 9.17) is 9.15 Å². The standard InChI is InChI=1S/C18H11FN4O2S/c19-12-5-7-13(8-6-12)24-10-16-20-21-18-23(16)22-17(26-18)15-9-11-3-1-2-4-14(11)25-15/h1-9H,10H2. The van der Waals surface area contributed by atoms with Crippen molar-refractivity contribution in [2.75, 3.05) is 0 Å². The van der Waals surface area contributed by atoms with Crippen molar-refractivity contribution in [3.05, 3.63) is 66.2 Å². The SMILES string of the molecule is Fc1ccc(OCc2nnc3sc(-c4cc5ccccc5o4)nn23)cc1. The maximum atomic E-state index is 12.9. The Bertz CT molecular complexity index is 1180. The fourth-order valence-corrected chi connectivity index (χ4v) is 3.42. The number of furan rings is 1. The molecule has 3 aromatic heterocycles. The van der Waals surface area contributed by atoms with Crippen LogP contribution < -0.4 is 4.74 Å². The summed E-state index contributed by atoms with van der Waals surface area (Å²) in [6.45, 7) is 0.177. The summed E-state index contributed by atoms with van der Waals surface area (Å²) >= 11 is 1.39. The second-order valence-electron chi connectivity index (χ2n) is 5.61. The molecule has 0 aliphatic heterocycles. The highest BCUT2D eigenvalue weighted by molar-refractivity contribution is 7.19. The fraction of sp³-hybridized carbons (Fsp3) is 0.0556. The first-order valence-corrected chi connectivity index (χ1v) is 8.66. The van der Waals surface area contributed by atoms with Crippen LogP contribution >= 0.6 is 11.3 Å². The second-order valence-corrected chi connectivity index (χ2v) is 6.56. The maximum absolute atomic E-state index is 12.9. The third-order valence-electron chi connectivity index (χ3n) is 3.87. The van der Waals surface area contributed by atoms with Crippen molar-refractivity contribution in [2.45, 2.75) is 6.61 Å². The molecule has 26 heavy (non-hydrogen) atoms. The molecule has 6 nitrogen and oxygen atoms in total. The first kappa shape index (κ1) is 15.0. The van der Waals surface area contributed by atoms with Gasteiger partial charge in [-0.05, 0) is 36.4 Å².